The van der Waals surface area contributed by atoms with Gasteiger partial charge in [0.15, 0.2) is 0 Å². The number of primary amides is 1. The van der Waals surface area contributed by atoms with E-state index in [-0.39, 0.29) is 0 Å². The smallest absolute Gasteiger partial charge is 0.316 e. The summed E-state index contributed by atoms with van der Waals surface area (Å²) >= 11 is 0. The Kier molecular flexibility index (Phi) is 5.48. The minimum absolute atomic E-state index is 0.529. The van der Waals surface area contributed by atoms with Crippen LogP contribution in [0.3, 0.4) is 0 Å². The van der Waals surface area contributed by atoms with E-state index in [1.165, 1.54) is 32.1 Å². The van der Waals surface area contributed by atoms with Crippen LogP contribution in [0.2, 0.25) is 0 Å². The summed E-state index contributed by atoms with van der Waals surface area (Å²) in [7, 11) is 0. The molecule has 2 rings (SSSR count). The SMILES string of the molecule is CC(C)C1CCCC(Nc2ccc(NC(N)=O)cc2)CC1. The molecule has 0 bridgehead atoms. The van der Waals surface area contributed by atoms with Gasteiger partial charge in [0.25, 0.3) is 0 Å². The van der Waals surface area contributed by atoms with Crippen LogP contribution in [0.25, 0.3) is 0 Å². The third-order valence-corrected chi connectivity index (χ3v) is 4.48. The van der Waals surface area contributed by atoms with Gasteiger partial charge in [-0.2, -0.15) is 0 Å². The fraction of sp³-hybridized carbons (Fsp3) is 0.588. The number of anilines is 2. The highest BCUT2D eigenvalue weighted by Crippen LogP contribution is 2.30. The molecule has 1 aromatic rings. The lowest BCUT2D eigenvalue weighted by molar-refractivity contribution is 0.259. The van der Waals surface area contributed by atoms with Crippen molar-refractivity contribution in [1.29, 1.82) is 0 Å². The van der Waals surface area contributed by atoms with Gasteiger partial charge in [0.05, 0.1) is 0 Å². The van der Waals surface area contributed by atoms with Crippen LogP contribution in [0.5, 0.6) is 0 Å². The standard InChI is InChI=1S/C17H27N3O/c1-12(2)13-4-3-5-14(7-6-13)19-15-8-10-16(11-9-15)20-17(18)21/h8-14,19H,3-7H2,1-2H3,(H3,18,20,21). The van der Waals surface area contributed by atoms with E-state index in [9.17, 15) is 4.79 Å². The average Bonchev–Trinajstić information content (AvgIpc) is 2.66. The van der Waals surface area contributed by atoms with Crippen molar-refractivity contribution in [2.75, 3.05) is 10.6 Å². The van der Waals surface area contributed by atoms with Crippen LogP contribution in [-0.4, -0.2) is 12.1 Å². The second-order valence-corrected chi connectivity index (χ2v) is 6.42. The van der Waals surface area contributed by atoms with Crippen molar-refractivity contribution in [2.45, 2.75) is 52.0 Å². The first-order valence-electron chi connectivity index (χ1n) is 7.97. The highest BCUT2D eigenvalue weighted by molar-refractivity contribution is 5.87. The Labute approximate surface area is 127 Å². The molecule has 0 aromatic heterocycles. The van der Waals surface area contributed by atoms with E-state index in [1.807, 2.05) is 24.3 Å². The van der Waals surface area contributed by atoms with E-state index in [0.29, 0.717) is 6.04 Å². The number of rotatable bonds is 4. The second-order valence-electron chi connectivity index (χ2n) is 6.42. The lowest BCUT2D eigenvalue weighted by atomic mass is 9.89. The van der Waals surface area contributed by atoms with Crippen LogP contribution in [-0.2, 0) is 0 Å². The minimum atomic E-state index is -0.529. The molecule has 1 saturated carbocycles. The molecule has 2 amide bonds. The first kappa shape index (κ1) is 15.7. The summed E-state index contributed by atoms with van der Waals surface area (Å²) in [6.07, 6.45) is 6.46. The van der Waals surface area contributed by atoms with Gasteiger partial charge in [-0.15, -0.1) is 0 Å². The zero-order chi connectivity index (χ0) is 15.2. The first-order valence-corrected chi connectivity index (χ1v) is 7.97. The number of nitrogens with one attached hydrogen (secondary N) is 2. The number of amides is 2. The second kappa shape index (κ2) is 7.34. The van der Waals surface area contributed by atoms with Crippen molar-refractivity contribution in [3.05, 3.63) is 24.3 Å². The normalized spacial score (nSPS) is 22.6. The predicted molar refractivity (Wildman–Crippen MR) is 88.5 cm³/mol. The van der Waals surface area contributed by atoms with Crippen LogP contribution in [0.4, 0.5) is 16.2 Å². The molecule has 4 N–H and O–H groups in total. The van der Waals surface area contributed by atoms with E-state index >= 15 is 0 Å². The summed E-state index contributed by atoms with van der Waals surface area (Å²) < 4.78 is 0. The van der Waals surface area contributed by atoms with Crippen molar-refractivity contribution < 1.29 is 4.79 Å². The molecule has 0 aliphatic heterocycles. The molecule has 0 saturated heterocycles. The molecule has 2 unspecified atom stereocenters. The summed E-state index contributed by atoms with van der Waals surface area (Å²) in [5, 5.41) is 6.19. The maximum absolute atomic E-state index is 10.8. The van der Waals surface area contributed by atoms with Crippen molar-refractivity contribution in [2.24, 2.45) is 17.6 Å². The molecule has 21 heavy (non-hydrogen) atoms. The highest BCUT2D eigenvalue weighted by Gasteiger charge is 2.20. The number of nitrogens with two attached hydrogens (primary N) is 1. The van der Waals surface area contributed by atoms with Crippen molar-refractivity contribution in [1.82, 2.24) is 0 Å². The van der Waals surface area contributed by atoms with Crippen LogP contribution in [0.1, 0.15) is 46.0 Å². The molecule has 1 fully saturated rings. The number of carbonyl (C=O) groups excluding carboxylic acids is 1. The fourth-order valence-corrected chi connectivity index (χ4v) is 3.17. The van der Waals surface area contributed by atoms with Gasteiger partial charge in [0.1, 0.15) is 0 Å². The zero-order valence-corrected chi connectivity index (χ0v) is 13.1. The Morgan fingerprint density at radius 1 is 1.10 bits per heavy atom. The van der Waals surface area contributed by atoms with Crippen molar-refractivity contribution in [3.8, 4) is 0 Å². The van der Waals surface area contributed by atoms with Gasteiger partial charge in [0, 0.05) is 17.4 Å². The van der Waals surface area contributed by atoms with Crippen LogP contribution in [0, 0.1) is 11.8 Å². The summed E-state index contributed by atoms with van der Waals surface area (Å²) in [5.41, 5.74) is 6.94. The molecule has 4 heteroatoms. The van der Waals surface area contributed by atoms with Crippen LogP contribution in [0.15, 0.2) is 24.3 Å². The molecule has 4 nitrogen and oxygen atoms in total. The van der Waals surface area contributed by atoms with E-state index in [1.54, 1.807) is 0 Å². The quantitative estimate of drug-likeness (QED) is 0.727. The lowest BCUT2D eigenvalue weighted by Crippen LogP contribution is -2.20. The third kappa shape index (κ3) is 4.96. The topological polar surface area (TPSA) is 67.2 Å². The molecular weight excluding hydrogens is 262 g/mol. The summed E-state index contributed by atoms with van der Waals surface area (Å²) in [5.74, 6) is 1.67. The van der Waals surface area contributed by atoms with Gasteiger partial charge in [-0.05, 0) is 55.4 Å². The maximum Gasteiger partial charge on any atom is 0.316 e. The molecule has 116 valence electrons. The summed E-state index contributed by atoms with van der Waals surface area (Å²) in [4.78, 5) is 10.8. The maximum atomic E-state index is 10.8. The molecule has 0 heterocycles. The Morgan fingerprint density at radius 2 is 1.76 bits per heavy atom. The van der Waals surface area contributed by atoms with E-state index in [4.69, 9.17) is 5.73 Å². The molecule has 1 aromatic carbocycles. The van der Waals surface area contributed by atoms with Gasteiger partial charge >= 0.3 is 6.03 Å². The monoisotopic (exact) mass is 289 g/mol. The number of hydrogen-bond acceptors (Lipinski definition) is 2. The van der Waals surface area contributed by atoms with Crippen LogP contribution >= 0.6 is 0 Å². The average molecular weight is 289 g/mol. The molecule has 0 spiro atoms. The molecule has 1 aliphatic carbocycles. The number of carbonyl (C=O) groups is 1. The molecule has 1 aliphatic rings. The third-order valence-electron chi connectivity index (χ3n) is 4.48. The van der Waals surface area contributed by atoms with Gasteiger partial charge in [-0.25, -0.2) is 4.79 Å². The fourth-order valence-electron chi connectivity index (χ4n) is 3.17. The Balaban J connectivity index is 1.88. The summed E-state index contributed by atoms with van der Waals surface area (Å²) in [6, 6.07) is 7.77. The zero-order valence-electron chi connectivity index (χ0n) is 13.1. The predicted octanol–water partition coefficient (Wildman–Crippen LogP) is 4.19. The Morgan fingerprint density at radius 3 is 2.38 bits per heavy atom. The number of urea groups is 1. The first-order chi connectivity index (χ1) is 10.0. The van der Waals surface area contributed by atoms with E-state index < -0.39 is 6.03 Å². The van der Waals surface area contributed by atoms with E-state index in [2.05, 4.69) is 24.5 Å². The summed E-state index contributed by atoms with van der Waals surface area (Å²) in [6.45, 7) is 4.67. The van der Waals surface area contributed by atoms with Gasteiger partial charge in [-0.3, -0.25) is 0 Å². The van der Waals surface area contributed by atoms with Crippen LogP contribution < -0.4 is 16.4 Å². The minimum Gasteiger partial charge on any atom is -0.382 e. The largest absolute Gasteiger partial charge is 0.382 e. The molecular formula is C17H27N3O. The van der Waals surface area contributed by atoms with Crippen molar-refractivity contribution >= 4 is 17.4 Å². The number of hydrogen-bond donors (Lipinski definition) is 3. The lowest BCUT2D eigenvalue weighted by Gasteiger charge is -2.20. The Hall–Kier alpha value is -1.71. The van der Waals surface area contributed by atoms with Gasteiger partial charge in [0.2, 0.25) is 0 Å². The molecule has 0 radical (unpaired) electrons. The Bertz CT molecular complexity index is 456. The molecule has 2 atom stereocenters. The van der Waals surface area contributed by atoms with E-state index in [0.717, 1.165) is 23.2 Å². The van der Waals surface area contributed by atoms with Gasteiger partial charge < -0.3 is 16.4 Å². The number of benzene rings is 1. The van der Waals surface area contributed by atoms with Crippen molar-refractivity contribution in [3.63, 3.8) is 0 Å². The highest BCUT2D eigenvalue weighted by atomic mass is 16.2. The van der Waals surface area contributed by atoms with Gasteiger partial charge in [-0.1, -0.05) is 26.7 Å².